The number of rotatable bonds is 2. The number of carbonyl (C=O) groups is 3. The minimum Gasteiger partial charge on any atom is -0.480 e. The topological polar surface area (TPSA) is 92.7 Å². The van der Waals surface area contributed by atoms with Crippen molar-refractivity contribution in [2.75, 3.05) is 0 Å². The van der Waals surface area contributed by atoms with Crippen molar-refractivity contribution in [1.82, 2.24) is 5.32 Å². The molecule has 0 aromatic heterocycles. The summed E-state index contributed by atoms with van der Waals surface area (Å²) in [6, 6.07) is 0. The zero-order chi connectivity index (χ0) is 13.9. The van der Waals surface area contributed by atoms with E-state index in [0.29, 0.717) is 4.24 Å². The number of ether oxygens (including phenoxy) is 1. The lowest BCUT2D eigenvalue weighted by Crippen LogP contribution is -2.35. The summed E-state index contributed by atoms with van der Waals surface area (Å²) in [6.07, 6.45) is 0.354. The normalized spacial score (nSPS) is 18.6. The van der Waals surface area contributed by atoms with Crippen molar-refractivity contribution in [3.63, 3.8) is 0 Å². The van der Waals surface area contributed by atoms with Gasteiger partial charge >= 0.3 is 12.1 Å². The second-order valence-corrected chi connectivity index (χ2v) is 7.21. The summed E-state index contributed by atoms with van der Waals surface area (Å²) < 4.78 is 4.87. The first-order chi connectivity index (χ1) is 8.17. The summed E-state index contributed by atoms with van der Waals surface area (Å²) >= 11 is 2.12. The van der Waals surface area contributed by atoms with Gasteiger partial charge in [0.2, 0.25) is 0 Å². The molecule has 18 heavy (non-hydrogen) atoms. The molecular weight excluding hydrogens is 278 g/mol. The minimum absolute atomic E-state index is 0.559. The van der Waals surface area contributed by atoms with Crippen LogP contribution in [0.4, 0.5) is 4.79 Å². The van der Waals surface area contributed by atoms with Gasteiger partial charge in [-0.1, -0.05) is 23.5 Å². The summed E-state index contributed by atoms with van der Waals surface area (Å²) in [7, 11) is 0. The number of aliphatic carboxylic acids is 1. The summed E-state index contributed by atoms with van der Waals surface area (Å²) in [6.45, 7) is 5.06. The molecule has 0 bridgehead atoms. The highest BCUT2D eigenvalue weighted by atomic mass is 32.3. The van der Waals surface area contributed by atoms with Gasteiger partial charge in [-0.2, -0.15) is 0 Å². The summed E-state index contributed by atoms with van der Waals surface area (Å²) in [5, 5.41) is 10.6. The van der Waals surface area contributed by atoms with E-state index in [0.717, 1.165) is 23.5 Å². The highest BCUT2D eigenvalue weighted by molar-refractivity contribution is 8.39. The van der Waals surface area contributed by atoms with E-state index in [4.69, 9.17) is 9.84 Å². The SMILES string of the molecule is CC(C)(C)OC(=O)NC(=O)C=C1SC(C(=O)O)S1. The van der Waals surface area contributed by atoms with E-state index in [-0.39, 0.29) is 0 Å². The fourth-order valence-electron chi connectivity index (χ4n) is 0.936. The number of alkyl carbamates (subject to hydrolysis) is 1. The Kier molecular flexibility index (Phi) is 4.69. The molecular formula is C10H13NO5S2. The molecule has 0 atom stereocenters. The Morgan fingerprint density at radius 3 is 2.33 bits per heavy atom. The fourth-order valence-corrected chi connectivity index (χ4v) is 2.84. The lowest BCUT2D eigenvalue weighted by molar-refractivity contribution is -0.134. The van der Waals surface area contributed by atoms with Crippen molar-refractivity contribution in [3.05, 3.63) is 10.3 Å². The smallest absolute Gasteiger partial charge is 0.414 e. The average Bonchev–Trinajstić information content (AvgIpc) is 2.05. The summed E-state index contributed by atoms with van der Waals surface area (Å²) in [4.78, 5) is 33.1. The Morgan fingerprint density at radius 1 is 1.33 bits per heavy atom. The van der Waals surface area contributed by atoms with Gasteiger partial charge in [-0.25, -0.2) is 4.79 Å². The van der Waals surface area contributed by atoms with E-state index >= 15 is 0 Å². The van der Waals surface area contributed by atoms with Crippen LogP contribution in [0.1, 0.15) is 20.8 Å². The number of hydrogen-bond donors (Lipinski definition) is 2. The molecule has 0 spiro atoms. The third kappa shape index (κ3) is 5.01. The lowest BCUT2D eigenvalue weighted by atomic mass is 10.2. The zero-order valence-electron chi connectivity index (χ0n) is 10.1. The van der Waals surface area contributed by atoms with Gasteiger partial charge in [-0.3, -0.25) is 14.9 Å². The molecule has 2 amide bonds. The Morgan fingerprint density at radius 2 is 1.89 bits per heavy atom. The third-order valence-electron chi connectivity index (χ3n) is 1.52. The van der Waals surface area contributed by atoms with Crippen LogP contribution >= 0.6 is 23.5 Å². The van der Waals surface area contributed by atoms with Gasteiger partial charge in [0.05, 0.1) is 0 Å². The molecule has 0 aromatic rings. The molecule has 0 saturated carbocycles. The van der Waals surface area contributed by atoms with Crippen molar-refractivity contribution in [2.45, 2.75) is 31.0 Å². The molecule has 0 unspecified atom stereocenters. The summed E-state index contributed by atoms with van der Waals surface area (Å²) in [5.74, 6) is -1.56. The number of amides is 2. The maximum atomic E-state index is 11.4. The number of carboxylic acids is 1. The number of nitrogens with one attached hydrogen (secondary N) is 1. The first kappa shape index (κ1) is 14.9. The molecule has 1 rings (SSSR count). The monoisotopic (exact) mass is 291 g/mol. The van der Waals surface area contributed by atoms with Crippen LogP contribution in [0.3, 0.4) is 0 Å². The maximum Gasteiger partial charge on any atom is 0.414 e. The highest BCUT2D eigenvalue weighted by Gasteiger charge is 2.32. The van der Waals surface area contributed by atoms with E-state index in [1.54, 1.807) is 20.8 Å². The fraction of sp³-hybridized carbons (Fsp3) is 0.500. The Labute approximate surface area is 113 Å². The Hall–Kier alpha value is -1.15. The molecule has 2 N–H and O–H groups in total. The van der Waals surface area contributed by atoms with E-state index in [2.05, 4.69) is 0 Å². The van der Waals surface area contributed by atoms with Crippen LogP contribution in [0.25, 0.3) is 0 Å². The molecule has 8 heteroatoms. The van der Waals surface area contributed by atoms with Crippen molar-refractivity contribution in [3.8, 4) is 0 Å². The van der Waals surface area contributed by atoms with E-state index < -0.39 is 28.2 Å². The van der Waals surface area contributed by atoms with Crippen LogP contribution in [-0.4, -0.2) is 33.3 Å². The van der Waals surface area contributed by atoms with E-state index in [9.17, 15) is 14.4 Å². The predicted molar refractivity (Wildman–Crippen MR) is 69.1 cm³/mol. The summed E-state index contributed by atoms with van der Waals surface area (Å²) in [5.41, 5.74) is -0.675. The molecule has 0 aliphatic carbocycles. The van der Waals surface area contributed by atoms with Crippen LogP contribution < -0.4 is 5.32 Å². The molecule has 1 saturated heterocycles. The predicted octanol–water partition coefficient (Wildman–Crippen LogP) is 1.77. The van der Waals surface area contributed by atoms with Crippen LogP contribution in [0, 0.1) is 0 Å². The number of hydrogen-bond acceptors (Lipinski definition) is 6. The molecule has 6 nitrogen and oxygen atoms in total. The zero-order valence-corrected chi connectivity index (χ0v) is 11.7. The van der Waals surface area contributed by atoms with E-state index in [1.807, 2.05) is 5.32 Å². The number of carbonyl (C=O) groups excluding carboxylic acids is 2. The van der Waals surface area contributed by atoms with Gasteiger partial charge in [0, 0.05) is 10.3 Å². The van der Waals surface area contributed by atoms with Gasteiger partial charge in [0.25, 0.3) is 5.91 Å². The van der Waals surface area contributed by atoms with Crippen molar-refractivity contribution >= 4 is 41.5 Å². The first-order valence-corrected chi connectivity index (χ1v) is 6.75. The average molecular weight is 291 g/mol. The van der Waals surface area contributed by atoms with Gasteiger partial charge in [0.15, 0.2) is 4.58 Å². The van der Waals surface area contributed by atoms with Gasteiger partial charge in [0.1, 0.15) is 5.60 Å². The lowest BCUT2D eigenvalue weighted by Gasteiger charge is -2.23. The molecule has 1 heterocycles. The van der Waals surface area contributed by atoms with Gasteiger partial charge in [-0.05, 0) is 20.8 Å². The van der Waals surface area contributed by atoms with Crippen LogP contribution in [-0.2, 0) is 14.3 Å². The minimum atomic E-state index is -0.935. The van der Waals surface area contributed by atoms with Crippen molar-refractivity contribution in [1.29, 1.82) is 0 Å². The molecule has 100 valence electrons. The molecule has 1 aliphatic rings. The maximum absolute atomic E-state index is 11.4. The van der Waals surface area contributed by atoms with Gasteiger partial charge in [-0.15, -0.1) is 0 Å². The Bertz CT molecular complexity index is 405. The third-order valence-corrected chi connectivity index (χ3v) is 4.21. The quantitative estimate of drug-likeness (QED) is 0.749. The highest BCUT2D eigenvalue weighted by Crippen LogP contribution is 2.50. The number of thioether (sulfide) groups is 2. The van der Waals surface area contributed by atoms with Crippen LogP contribution in [0.2, 0.25) is 0 Å². The first-order valence-electron chi connectivity index (χ1n) is 4.99. The molecule has 0 radical (unpaired) electrons. The molecule has 1 aliphatic heterocycles. The Balaban J connectivity index is 2.37. The second-order valence-electron chi connectivity index (χ2n) is 4.36. The largest absolute Gasteiger partial charge is 0.480 e. The second kappa shape index (κ2) is 5.66. The van der Waals surface area contributed by atoms with E-state index in [1.165, 1.54) is 6.08 Å². The van der Waals surface area contributed by atoms with Crippen molar-refractivity contribution in [2.24, 2.45) is 0 Å². The number of carboxylic acid groups (broad SMARTS) is 1. The van der Waals surface area contributed by atoms with Gasteiger partial charge < -0.3 is 9.84 Å². The number of imide groups is 1. The van der Waals surface area contributed by atoms with Crippen LogP contribution in [0.15, 0.2) is 10.3 Å². The van der Waals surface area contributed by atoms with Crippen LogP contribution in [0.5, 0.6) is 0 Å². The molecule has 1 fully saturated rings. The standard InChI is InChI=1S/C10H13NO5S2/c1-10(2,3)16-9(15)11-5(12)4-6-17-8(18-6)7(13)14/h4,8H,1-3H3,(H,13,14)(H,11,12,15). The van der Waals surface area contributed by atoms with Crippen molar-refractivity contribution < 1.29 is 24.2 Å². The molecule has 0 aromatic carbocycles.